The molecule has 7 nitrogen and oxygen atoms in total. The van der Waals surface area contributed by atoms with Gasteiger partial charge in [0.15, 0.2) is 0 Å². The average Bonchev–Trinajstić information content (AvgIpc) is 2.73. The van der Waals surface area contributed by atoms with Crippen LogP contribution in [0.4, 0.5) is 13.6 Å². The number of nitrogens with one attached hydrogen (secondary N) is 1. The molecule has 0 bridgehead atoms. The van der Waals surface area contributed by atoms with Gasteiger partial charge in [0.2, 0.25) is 0 Å². The third-order valence-electron chi connectivity index (χ3n) is 4.97. The van der Waals surface area contributed by atoms with Gasteiger partial charge >= 0.3 is 12.0 Å². The number of aliphatic carboxylic acids is 1. The van der Waals surface area contributed by atoms with Gasteiger partial charge in [-0.1, -0.05) is 6.92 Å². The van der Waals surface area contributed by atoms with Crippen molar-refractivity contribution in [3.63, 3.8) is 0 Å². The fraction of sp³-hybridized carbons (Fsp3) is 0.875. The van der Waals surface area contributed by atoms with E-state index < -0.39 is 12.4 Å². The summed E-state index contributed by atoms with van der Waals surface area (Å²) in [7, 11) is 0. The van der Waals surface area contributed by atoms with Crippen molar-refractivity contribution in [2.45, 2.75) is 44.7 Å². The summed E-state index contributed by atoms with van der Waals surface area (Å²) < 4.78 is 24.9. The Hall–Kier alpha value is -1.48. The first-order valence-electron chi connectivity index (χ1n) is 8.90. The van der Waals surface area contributed by atoms with E-state index in [9.17, 15) is 18.4 Å². The topological polar surface area (TPSA) is 76.1 Å². The molecular formula is C16H28F2N4O3. The van der Waals surface area contributed by atoms with Gasteiger partial charge in [-0.05, 0) is 25.8 Å². The standard InChI is InChI=1S/C16H28F2N4O3/c1-2-21(11-15(23)24)13-8-12(9-13)19-16(25)22-5-3-4-20(6-7-22)10-14(17)18/h12-14H,2-11H2,1H3,(H,19,25)(H,23,24). The Kier molecular flexibility index (Phi) is 7.37. The lowest BCUT2D eigenvalue weighted by Crippen LogP contribution is -2.57. The van der Waals surface area contributed by atoms with Gasteiger partial charge < -0.3 is 15.3 Å². The van der Waals surface area contributed by atoms with Crippen molar-refractivity contribution < 1.29 is 23.5 Å². The predicted molar refractivity (Wildman–Crippen MR) is 88.9 cm³/mol. The number of carbonyl (C=O) groups is 2. The molecule has 0 spiro atoms. The Bertz CT molecular complexity index is 461. The molecule has 9 heteroatoms. The van der Waals surface area contributed by atoms with E-state index in [2.05, 4.69) is 5.32 Å². The smallest absolute Gasteiger partial charge is 0.317 e. The second-order valence-electron chi connectivity index (χ2n) is 6.76. The lowest BCUT2D eigenvalue weighted by atomic mass is 9.85. The number of urea groups is 1. The first kappa shape index (κ1) is 19.8. The van der Waals surface area contributed by atoms with E-state index in [1.807, 2.05) is 11.8 Å². The summed E-state index contributed by atoms with van der Waals surface area (Å²) in [5.41, 5.74) is 0. The van der Waals surface area contributed by atoms with Crippen molar-refractivity contribution in [2.75, 3.05) is 45.8 Å². The van der Waals surface area contributed by atoms with Crippen molar-refractivity contribution in [1.82, 2.24) is 20.0 Å². The number of amides is 2. The number of rotatable bonds is 7. The molecule has 2 amide bonds. The zero-order valence-corrected chi connectivity index (χ0v) is 14.7. The highest BCUT2D eigenvalue weighted by Crippen LogP contribution is 2.25. The van der Waals surface area contributed by atoms with Crippen LogP contribution >= 0.6 is 0 Å². The molecule has 0 atom stereocenters. The van der Waals surface area contributed by atoms with Gasteiger partial charge in [-0.15, -0.1) is 0 Å². The van der Waals surface area contributed by atoms with E-state index in [1.165, 1.54) is 0 Å². The summed E-state index contributed by atoms with van der Waals surface area (Å²) >= 11 is 0. The van der Waals surface area contributed by atoms with Crippen LogP contribution in [0.25, 0.3) is 0 Å². The zero-order chi connectivity index (χ0) is 18.4. The van der Waals surface area contributed by atoms with Crippen LogP contribution in [0.2, 0.25) is 0 Å². The molecule has 0 unspecified atom stereocenters. The minimum atomic E-state index is -2.35. The molecule has 1 saturated heterocycles. The third-order valence-corrected chi connectivity index (χ3v) is 4.97. The largest absolute Gasteiger partial charge is 0.480 e. The van der Waals surface area contributed by atoms with Gasteiger partial charge in [0.1, 0.15) is 0 Å². The number of alkyl halides is 2. The van der Waals surface area contributed by atoms with Gasteiger partial charge in [0, 0.05) is 38.3 Å². The van der Waals surface area contributed by atoms with E-state index in [4.69, 9.17) is 5.11 Å². The Labute approximate surface area is 146 Å². The fourth-order valence-corrected chi connectivity index (χ4v) is 3.49. The molecule has 25 heavy (non-hydrogen) atoms. The third kappa shape index (κ3) is 6.07. The van der Waals surface area contributed by atoms with Crippen molar-refractivity contribution in [2.24, 2.45) is 0 Å². The number of nitrogens with zero attached hydrogens (tertiary/aromatic N) is 3. The number of carboxylic acids is 1. The maximum Gasteiger partial charge on any atom is 0.317 e. The second-order valence-corrected chi connectivity index (χ2v) is 6.76. The van der Waals surface area contributed by atoms with E-state index in [-0.39, 0.29) is 31.2 Å². The van der Waals surface area contributed by atoms with Crippen molar-refractivity contribution in [1.29, 1.82) is 0 Å². The normalized spacial score (nSPS) is 24.9. The van der Waals surface area contributed by atoms with Gasteiger partial charge in [0.25, 0.3) is 6.43 Å². The fourth-order valence-electron chi connectivity index (χ4n) is 3.49. The van der Waals surface area contributed by atoms with Crippen LogP contribution < -0.4 is 5.32 Å². The molecule has 2 aliphatic rings. The molecule has 144 valence electrons. The summed E-state index contributed by atoms with van der Waals surface area (Å²) in [6, 6.07) is 0.0986. The maximum absolute atomic E-state index is 12.5. The molecular weight excluding hydrogens is 334 g/mol. The Balaban J connectivity index is 1.71. The number of halogens is 2. The minimum Gasteiger partial charge on any atom is -0.480 e. The highest BCUT2D eigenvalue weighted by atomic mass is 19.3. The number of hydrogen-bond acceptors (Lipinski definition) is 4. The predicted octanol–water partition coefficient (Wildman–Crippen LogP) is 0.906. The molecule has 1 heterocycles. The van der Waals surface area contributed by atoms with Crippen LogP contribution in [0.5, 0.6) is 0 Å². The highest BCUT2D eigenvalue weighted by molar-refractivity contribution is 5.74. The van der Waals surface area contributed by atoms with E-state index in [0.717, 1.165) is 12.8 Å². The van der Waals surface area contributed by atoms with Crippen LogP contribution in [0.15, 0.2) is 0 Å². The summed E-state index contributed by atoms with van der Waals surface area (Å²) in [6.45, 7) is 4.45. The molecule has 1 aliphatic carbocycles. The van der Waals surface area contributed by atoms with Crippen molar-refractivity contribution in [3.8, 4) is 0 Å². The zero-order valence-electron chi connectivity index (χ0n) is 14.7. The number of hydrogen-bond donors (Lipinski definition) is 2. The average molecular weight is 362 g/mol. The molecule has 0 aromatic heterocycles. The number of carboxylic acid groups (broad SMARTS) is 1. The molecule has 2 rings (SSSR count). The minimum absolute atomic E-state index is 0.0218. The van der Waals surface area contributed by atoms with E-state index in [0.29, 0.717) is 39.1 Å². The van der Waals surface area contributed by atoms with Crippen LogP contribution in [0, 0.1) is 0 Å². The van der Waals surface area contributed by atoms with Crippen LogP contribution in [-0.2, 0) is 4.79 Å². The molecule has 1 aliphatic heterocycles. The van der Waals surface area contributed by atoms with Gasteiger partial charge in [-0.2, -0.15) is 0 Å². The Morgan fingerprint density at radius 3 is 2.56 bits per heavy atom. The summed E-state index contributed by atoms with van der Waals surface area (Å²) in [5.74, 6) is -0.841. The van der Waals surface area contributed by atoms with Gasteiger partial charge in [-0.3, -0.25) is 14.6 Å². The van der Waals surface area contributed by atoms with E-state index >= 15 is 0 Å². The number of likely N-dealkylation sites (N-methyl/N-ethyl adjacent to an activating group) is 1. The second kappa shape index (κ2) is 9.28. The molecule has 1 saturated carbocycles. The highest BCUT2D eigenvalue weighted by Gasteiger charge is 2.35. The summed E-state index contributed by atoms with van der Waals surface area (Å²) in [6.07, 6.45) is -0.161. The van der Waals surface area contributed by atoms with Gasteiger partial charge in [-0.25, -0.2) is 13.6 Å². The van der Waals surface area contributed by atoms with E-state index in [1.54, 1.807) is 9.80 Å². The maximum atomic E-state index is 12.5. The van der Waals surface area contributed by atoms with Crippen LogP contribution in [0.3, 0.4) is 0 Å². The Morgan fingerprint density at radius 2 is 1.96 bits per heavy atom. The quantitative estimate of drug-likeness (QED) is 0.704. The first-order chi connectivity index (χ1) is 11.9. The van der Waals surface area contributed by atoms with Crippen LogP contribution in [0.1, 0.15) is 26.2 Å². The van der Waals surface area contributed by atoms with Crippen molar-refractivity contribution in [3.05, 3.63) is 0 Å². The lowest BCUT2D eigenvalue weighted by molar-refractivity contribution is -0.139. The van der Waals surface area contributed by atoms with Gasteiger partial charge in [0.05, 0.1) is 13.1 Å². The SMILES string of the molecule is CCN(CC(=O)O)C1CC(NC(=O)N2CCCN(CC(F)F)CC2)C1. The van der Waals surface area contributed by atoms with Crippen molar-refractivity contribution >= 4 is 12.0 Å². The van der Waals surface area contributed by atoms with Crippen LogP contribution in [-0.4, -0.2) is 96.1 Å². The molecule has 0 radical (unpaired) electrons. The molecule has 0 aromatic carbocycles. The lowest BCUT2D eigenvalue weighted by Gasteiger charge is -2.42. The first-order valence-corrected chi connectivity index (χ1v) is 8.90. The summed E-state index contributed by atoms with van der Waals surface area (Å²) in [4.78, 5) is 28.5. The summed E-state index contributed by atoms with van der Waals surface area (Å²) in [5, 5.41) is 11.9. The Morgan fingerprint density at radius 1 is 1.24 bits per heavy atom. The molecule has 2 fully saturated rings. The number of carbonyl (C=O) groups excluding carboxylic acids is 1. The monoisotopic (exact) mass is 362 g/mol. The molecule has 2 N–H and O–H groups in total. The molecule has 0 aromatic rings.